The van der Waals surface area contributed by atoms with Gasteiger partial charge >= 0.3 is 0 Å². The standard InChI is InChI=1S/C14H7BrN2O/c15-11-5-6-13-12(7-11)17-14(18-13)10-3-1-9(8-16)2-4-10/h1-7H. The number of fused-ring (bicyclic) bond motifs is 1. The molecule has 0 bridgehead atoms. The molecule has 0 saturated carbocycles. The number of halogens is 1. The molecule has 0 saturated heterocycles. The lowest BCUT2D eigenvalue weighted by Crippen LogP contribution is -1.78. The third-order valence-corrected chi connectivity index (χ3v) is 3.10. The smallest absolute Gasteiger partial charge is 0.227 e. The summed E-state index contributed by atoms with van der Waals surface area (Å²) in [5.74, 6) is 0.563. The Morgan fingerprint density at radius 1 is 1.11 bits per heavy atom. The molecule has 0 N–H and O–H groups in total. The van der Waals surface area contributed by atoms with E-state index >= 15 is 0 Å². The van der Waals surface area contributed by atoms with Gasteiger partial charge in [0.2, 0.25) is 5.89 Å². The Hall–Kier alpha value is -2.12. The second-order valence-corrected chi connectivity index (χ2v) is 4.74. The van der Waals surface area contributed by atoms with E-state index in [4.69, 9.17) is 9.68 Å². The van der Waals surface area contributed by atoms with Crippen molar-refractivity contribution in [2.45, 2.75) is 0 Å². The van der Waals surface area contributed by atoms with Gasteiger partial charge in [-0.25, -0.2) is 4.98 Å². The zero-order valence-electron chi connectivity index (χ0n) is 9.22. The maximum absolute atomic E-state index is 8.75. The summed E-state index contributed by atoms with van der Waals surface area (Å²) in [6.07, 6.45) is 0. The third kappa shape index (κ3) is 1.89. The highest BCUT2D eigenvalue weighted by molar-refractivity contribution is 9.10. The number of benzene rings is 2. The highest BCUT2D eigenvalue weighted by Crippen LogP contribution is 2.26. The van der Waals surface area contributed by atoms with Crippen LogP contribution in [0.4, 0.5) is 0 Å². The Morgan fingerprint density at radius 2 is 1.89 bits per heavy atom. The van der Waals surface area contributed by atoms with E-state index in [-0.39, 0.29) is 0 Å². The number of oxazole rings is 1. The number of hydrogen-bond acceptors (Lipinski definition) is 3. The lowest BCUT2D eigenvalue weighted by atomic mass is 10.1. The van der Waals surface area contributed by atoms with Gasteiger partial charge < -0.3 is 4.42 Å². The molecule has 86 valence electrons. The fourth-order valence-electron chi connectivity index (χ4n) is 1.71. The van der Waals surface area contributed by atoms with Gasteiger partial charge in [0.25, 0.3) is 0 Å². The summed E-state index contributed by atoms with van der Waals surface area (Å²) in [4.78, 5) is 4.42. The van der Waals surface area contributed by atoms with Gasteiger partial charge in [-0.3, -0.25) is 0 Å². The van der Waals surface area contributed by atoms with Crippen LogP contribution >= 0.6 is 15.9 Å². The molecule has 4 heteroatoms. The van der Waals surface area contributed by atoms with Crippen molar-refractivity contribution in [1.82, 2.24) is 4.98 Å². The molecule has 0 atom stereocenters. The predicted molar refractivity (Wildman–Crippen MR) is 71.9 cm³/mol. The van der Waals surface area contributed by atoms with Gasteiger partial charge in [0.05, 0.1) is 11.6 Å². The van der Waals surface area contributed by atoms with Gasteiger partial charge in [-0.1, -0.05) is 15.9 Å². The molecule has 3 rings (SSSR count). The Labute approximate surface area is 112 Å². The highest BCUT2D eigenvalue weighted by Gasteiger charge is 2.08. The average Bonchev–Trinajstić information content (AvgIpc) is 2.81. The van der Waals surface area contributed by atoms with Gasteiger partial charge in [-0.2, -0.15) is 5.26 Å². The van der Waals surface area contributed by atoms with Crippen molar-refractivity contribution in [2.24, 2.45) is 0 Å². The summed E-state index contributed by atoms with van der Waals surface area (Å²) in [6, 6.07) is 14.9. The zero-order chi connectivity index (χ0) is 12.5. The normalized spacial score (nSPS) is 10.4. The molecule has 0 amide bonds. The van der Waals surface area contributed by atoms with Crippen LogP contribution in [0.25, 0.3) is 22.6 Å². The molecule has 0 unspecified atom stereocenters. The van der Waals surface area contributed by atoms with Crippen LogP contribution in [0.15, 0.2) is 51.4 Å². The van der Waals surface area contributed by atoms with Crippen molar-refractivity contribution in [3.63, 3.8) is 0 Å². The molecule has 3 nitrogen and oxygen atoms in total. The van der Waals surface area contributed by atoms with Crippen LogP contribution in [0.1, 0.15) is 5.56 Å². The Balaban J connectivity index is 2.10. The minimum Gasteiger partial charge on any atom is -0.436 e. The third-order valence-electron chi connectivity index (χ3n) is 2.61. The van der Waals surface area contributed by atoms with Crippen LogP contribution < -0.4 is 0 Å². The molecule has 0 aliphatic rings. The minimum atomic E-state index is 0.563. The predicted octanol–water partition coefficient (Wildman–Crippen LogP) is 4.13. The molecule has 3 aromatic rings. The van der Waals surface area contributed by atoms with E-state index in [2.05, 4.69) is 27.0 Å². The van der Waals surface area contributed by atoms with E-state index < -0.39 is 0 Å². The van der Waals surface area contributed by atoms with E-state index in [0.29, 0.717) is 11.5 Å². The van der Waals surface area contributed by atoms with Crippen LogP contribution in [0.5, 0.6) is 0 Å². The highest BCUT2D eigenvalue weighted by atomic mass is 79.9. The summed E-state index contributed by atoms with van der Waals surface area (Å²) < 4.78 is 6.64. The molecule has 0 spiro atoms. The first-order chi connectivity index (χ1) is 8.76. The molecule has 1 aromatic heterocycles. The summed E-state index contributed by atoms with van der Waals surface area (Å²) in [5.41, 5.74) is 3.04. The second-order valence-electron chi connectivity index (χ2n) is 3.82. The van der Waals surface area contributed by atoms with Crippen molar-refractivity contribution in [2.75, 3.05) is 0 Å². The fraction of sp³-hybridized carbons (Fsp3) is 0. The molecule has 2 aromatic carbocycles. The van der Waals surface area contributed by atoms with E-state index in [1.165, 1.54) is 0 Å². The molecule has 18 heavy (non-hydrogen) atoms. The van der Waals surface area contributed by atoms with Crippen LogP contribution in [0.2, 0.25) is 0 Å². The monoisotopic (exact) mass is 298 g/mol. The number of hydrogen-bond donors (Lipinski definition) is 0. The number of nitrogens with zero attached hydrogens (tertiary/aromatic N) is 2. The summed E-state index contributed by atoms with van der Waals surface area (Å²) >= 11 is 3.40. The van der Waals surface area contributed by atoms with E-state index in [0.717, 1.165) is 21.1 Å². The molecule has 0 fully saturated rings. The maximum Gasteiger partial charge on any atom is 0.227 e. The Kier molecular flexibility index (Phi) is 2.62. The quantitative estimate of drug-likeness (QED) is 0.679. The van der Waals surface area contributed by atoms with Crippen LogP contribution in [0, 0.1) is 11.3 Å². The zero-order valence-corrected chi connectivity index (χ0v) is 10.8. The topological polar surface area (TPSA) is 49.8 Å². The summed E-state index contributed by atoms with van der Waals surface area (Å²) in [6.45, 7) is 0. The van der Waals surface area contributed by atoms with Crippen molar-refractivity contribution in [3.05, 3.63) is 52.5 Å². The van der Waals surface area contributed by atoms with Crippen molar-refractivity contribution >= 4 is 27.0 Å². The molecular weight excluding hydrogens is 292 g/mol. The molecule has 0 aliphatic carbocycles. The van der Waals surface area contributed by atoms with Crippen LogP contribution in [0.3, 0.4) is 0 Å². The lowest BCUT2D eigenvalue weighted by molar-refractivity contribution is 0.620. The van der Waals surface area contributed by atoms with Gasteiger partial charge in [-0.15, -0.1) is 0 Å². The summed E-state index contributed by atoms with van der Waals surface area (Å²) in [5, 5.41) is 8.75. The first-order valence-corrected chi connectivity index (χ1v) is 6.12. The van der Waals surface area contributed by atoms with Gasteiger partial charge in [0.1, 0.15) is 5.52 Å². The Morgan fingerprint density at radius 3 is 2.61 bits per heavy atom. The van der Waals surface area contributed by atoms with Crippen molar-refractivity contribution < 1.29 is 4.42 Å². The van der Waals surface area contributed by atoms with Crippen LogP contribution in [-0.4, -0.2) is 4.98 Å². The molecular formula is C14H7BrN2O. The number of rotatable bonds is 1. The number of nitriles is 1. The van der Waals surface area contributed by atoms with E-state index in [1.807, 2.05) is 30.3 Å². The van der Waals surface area contributed by atoms with Crippen molar-refractivity contribution in [1.29, 1.82) is 5.26 Å². The maximum atomic E-state index is 8.75. The number of aromatic nitrogens is 1. The lowest BCUT2D eigenvalue weighted by Gasteiger charge is -1.93. The summed E-state index contributed by atoms with van der Waals surface area (Å²) in [7, 11) is 0. The van der Waals surface area contributed by atoms with E-state index in [9.17, 15) is 0 Å². The first-order valence-electron chi connectivity index (χ1n) is 5.33. The minimum absolute atomic E-state index is 0.563. The SMILES string of the molecule is N#Cc1ccc(-c2nc3cc(Br)ccc3o2)cc1. The Bertz CT molecular complexity index is 754. The van der Waals surface area contributed by atoms with E-state index in [1.54, 1.807) is 12.1 Å². The molecule has 0 aliphatic heterocycles. The van der Waals surface area contributed by atoms with Crippen LogP contribution in [-0.2, 0) is 0 Å². The average molecular weight is 299 g/mol. The molecule has 0 radical (unpaired) electrons. The largest absolute Gasteiger partial charge is 0.436 e. The molecule has 1 heterocycles. The van der Waals surface area contributed by atoms with Gasteiger partial charge in [0, 0.05) is 10.0 Å². The van der Waals surface area contributed by atoms with Gasteiger partial charge in [0.15, 0.2) is 5.58 Å². The second kappa shape index (κ2) is 4.28. The van der Waals surface area contributed by atoms with Crippen molar-refractivity contribution in [3.8, 4) is 17.5 Å². The fourth-order valence-corrected chi connectivity index (χ4v) is 2.06. The van der Waals surface area contributed by atoms with Gasteiger partial charge in [-0.05, 0) is 42.5 Å². The first kappa shape index (κ1) is 11.0.